The molecule has 0 spiro atoms. The number of rotatable bonds is 4. The zero-order valence-corrected chi connectivity index (χ0v) is 10.8. The summed E-state index contributed by atoms with van der Waals surface area (Å²) in [5.74, 6) is -1.78. The summed E-state index contributed by atoms with van der Waals surface area (Å²) in [6.07, 6.45) is 0. The van der Waals surface area contributed by atoms with Gasteiger partial charge in [0.15, 0.2) is 0 Å². The number of hydrogen-bond acceptors (Lipinski definition) is 3. The lowest BCUT2D eigenvalue weighted by molar-refractivity contribution is 0.0685. The van der Waals surface area contributed by atoms with Gasteiger partial charge in [0.2, 0.25) is 0 Å². The van der Waals surface area contributed by atoms with Gasteiger partial charge in [0.05, 0.1) is 5.56 Å². The number of ether oxygens (including phenoxy) is 1. The van der Waals surface area contributed by atoms with Gasteiger partial charge in [0.25, 0.3) is 0 Å². The fraction of sp³-hybridized carbons (Fsp3) is 0. The molecule has 2 rings (SSSR count). The maximum Gasteiger partial charge on any atom is 0.339 e. The maximum atomic E-state index is 11.1. The molecule has 0 amide bonds. The molecule has 0 fully saturated rings. The Morgan fingerprint density at radius 3 is 2.15 bits per heavy atom. The van der Waals surface area contributed by atoms with Gasteiger partial charge in [-0.25, -0.2) is 9.59 Å². The normalized spacial score (nSPS) is 10.1. The van der Waals surface area contributed by atoms with Crippen LogP contribution in [0.1, 0.15) is 20.7 Å². The number of halogens is 1. The summed E-state index contributed by atoms with van der Waals surface area (Å²) in [6.45, 7) is 0. The molecule has 0 aliphatic carbocycles. The van der Waals surface area contributed by atoms with Crippen LogP contribution >= 0.6 is 11.6 Å². The zero-order chi connectivity index (χ0) is 14.7. The van der Waals surface area contributed by atoms with Crippen LogP contribution in [0.25, 0.3) is 0 Å². The fourth-order valence-corrected chi connectivity index (χ4v) is 1.71. The summed E-state index contributed by atoms with van der Waals surface area (Å²) in [5, 5.41) is 18.2. The van der Waals surface area contributed by atoms with E-state index in [1.807, 2.05) is 0 Å². The van der Waals surface area contributed by atoms with Crippen LogP contribution in [-0.4, -0.2) is 22.2 Å². The Morgan fingerprint density at radius 2 is 1.60 bits per heavy atom. The largest absolute Gasteiger partial charge is 0.478 e. The lowest BCUT2D eigenvalue weighted by Crippen LogP contribution is -2.00. The Kier molecular flexibility index (Phi) is 3.91. The quantitative estimate of drug-likeness (QED) is 0.900. The molecule has 0 bridgehead atoms. The molecule has 0 atom stereocenters. The molecule has 20 heavy (non-hydrogen) atoms. The van der Waals surface area contributed by atoms with Crippen molar-refractivity contribution in [2.45, 2.75) is 0 Å². The summed E-state index contributed by atoms with van der Waals surface area (Å²) in [5.41, 5.74) is 0.0820. The zero-order valence-electron chi connectivity index (χ0n) is 10.0. The summed E-state index contributed by atoms with van der Waals surface area (Å²) in [6, 6.07) is 9.78. The Hall–Kier alpha value is -2.53. The fourth-order valence-electron chi connectivity index (χ4n) is 1.55. The van der Waals surface area contributed by atoms with Crippen molar-refractivity contribution in [1.82, 2.24) is 0 Å². The van der Waals surface area contributed by atoms with Crippen molar-refractivity contribution >= 4 is 23.5 Å². The Morgan fingerprint density at radius 1 is 0.950 bits per heavy atom. The predicted molar refractivity (Wildman–Crippen MR) is 71.9 cm³/mol. The summed E-state index contributed by atoms with van der Waals surface area (Å²) >= 11 is 5.80. The first-order valence-corrected chi connectivity index (χ1v) is 5.89. The number of carboxylic acids is 2. The summed E-state index contributed by atoms with van der Waals surface area (Å²) < 4.78 is 5.43. The van der Waals surface area contributed by atoms with Crippen LogP contribution in [0.2, 0.25) is 5.02 Å². The van der Waals surface area contributed by atoms with Gasteiger partial charge in [-0.1, -0.05) is 11.6 Å². The molecule has 2 aromatic rings. The number of carbonyl (C=O) groups is 2. The molecule has 0 saturated heterocycles. The first-order chi connectivity index (χ1) is 9.47. The van der Waals surface area contributed by atoms with Crippen LogP contribution in [0.3, 0.4) is 0 Å². The third-order valence-corrected chi connectivity index (χ3v) is 2.74. The van der Waals surface area contributed by atoms with Gasteiger partial charge < -0.3 is 14.9 Å². The monoisotopic (exact) mass is 292 g/mol. The molecule has 0 radical (unpaired) electrons. The van der Waals surface area contributed by atoms with Gasteiger partial charge in [0, 0.05) is 11.1 Å². The lowest BCUT2D eigenvalue weighted by atomic mass is 10.2. The number of hydrogen-bond donors (Lipinski definition) is 2. The van der Waals surface area contributed by atoms with Gasteiger partial charge in [-0.3, -0.25) is 0 Å². The minimum absolute atomic E-state index is 0.0308. The number of aromatic carboxylic acids is 2. The van der Waals surface area contributed by atoms with Crippen molar-refractivity contribution in [2.75, 3.05) is 0 Å². The molecule has 0 aliphatic heterocycles. The Balaban J connectivity index is 2.31. The molecule has 6 heteroatoms. The van der Waals surface area contributed by atoms with Crippen molar-refractivity contribution < 1.29 is 24.5 Å². The second-order valence-electron chi connectivity index (χ2n) is 3.88. The van der Waals surface area contributed by atoms with Crippen LogP contribution in [0.4, 0.5) is 0 Å². The highest BCUT2D eigenvalue weighted by atomic mass is 35.5. The predicted octanol–water partition coefficient (Wildman–Crippen LogP) is 3.53. The van der Waals surface area contributed by atoms with E-state index in [-0.39, 0.29) is 16.9 Å². The Bertz CT molecular complexity index is 664. The molecule has 2 N–H and O–H groups in total. The second kappa shape index (κ2) is 5.63. The van der Waals surface area contributed by atoms with E-state index in [1.165, 1.54) is 42.5 Å². The molecule has 0 aliphatic rings. The number of carboxylic acid groups (broad SMARTS) is 2. The molecule has 0 unspecified atom stereocenters. The second-order valence-corrected chi connectivity index (χ2v) is 4.31. The smallest absolute Gasteiger partial charge is 0.339 e. The van der Waals surface area contributed by atoms with Gasteiger partial charge in [0.1, 0.15) is 17.1 Å². The highest BCUT2D eigenvalue weighted by molar-refractivity contribution is 6.30. The van der Waals surface area contributed by atoms with Crippen molar-refractivity contribution in [3.05, 3.63) is 58.6 Å². The van der Waals surface area contributed by atoms with Crippen molar-refractivity contribution in [2.24, 2.45) is 0 Å². The van der Waals surface area contributed by atoms with Crippen LogP contribution < -0.4 is 4.74 Å². The molecular formula is C14H9ClO5. The van der Waals surface area contributed by atoms with Crippen LogP contribution in [0.15, 0.2) is 42.5 Å². The van der Waals surface area contributed by atoms with E-state index in [2.05, 4.69) is 0 Å². The third kappa shape index (κ3) is 3.07. The summed E-state index contributed by atoms with van der Waals surface area (Å²) in [7, 11) is 0. The molecule has 2 aromatic carbocycles. The average molecular weight is 293 g/mol. The van der Waals surface area contributed by atoms with E-state index in [9.17, 15) is 9.59 Å². The molecule has 102 valence electrons. The number of benzene rings is 2. The van der Waals surface area contributed by atoms with E-state index in [0.717, 1.165) is 0 Å². The van der Waals surface area contributed by atoms with Gasteiger partial charge in [-0.15, -0.1) is 0 Å². The molecule has 0 heterocycles. The summed E-state index contributed by atoms with van der Waals surface area (Å²) in [4.78, 5) is 21.8. The van der Waals surface area contributed by atoms with Crippen LogP contribution in [-0.2, 0) is 0 Å². The SMILES string of the molecule is O=C(O)c1ccc(Oc2cc(Cl)ccc2C(=O)O)cc1. The highest BCUT2D eigenvalue weighted by Crippen LogP contribution is 2.28. The first kappa shape index (κ1) is 13.9. The highest BCUT2D eigenvalue weighted by Gasteiger charge is 2.13. The topological polar surface area (TPSA) is 83.8 Å². The van der Waals surface area contributed by atoms with Gasteiger partial charge in [-0.2, -0.15) is 0 Å². The van der Waals surface area contributed by atoms with Crippen molar-refractivity contribution in [3.8, 4) is 11.5 Å². The third-order valence-electron chi connectivity index (χ3n) is 2.50. The Labute approximate surface area is 119 Å². The van der Waals surface area contributed by atoms with E-state index in [1.54, 1.807) is 0 Å². The van der Waals surface area contributed by atoms with E-state index in [0.29, 0.717) is 10.8 Å². The van der Waals surface area contributed by atoms with E-state index >= 15 is 0 Å². The minimum atomic E-state index is -1.14. The molecule has 0 saturated carbocycles. The first-order valence-electron chi connectivity index (χ1n) is 5.51. The van der Waals surface area contributed by atoms with E-state index in [4.69, 9.17) is 26.6 Å². The van der Waals surface area contributed by atoms with Crippen molar-refractivity contribution in [3.63, 3.8) is 0 Å². The maximum absolute atomic E-state index is 11.1. The average Bonchev–Trinajstić information content (AvgIpc) is 2.39. The van der Waals surface area contributed by atoms with Crippen molar-refractivity contribution in [1.29, 1.82) is 0 Å². The van der Waals surface area contributed by atoms with Gasteiger partial charge in [-0.05, 0) is 36.4 Å². The van der Waals surface area contributed by atoms with E-state index < -0.39 is 11.9 Å². The lowest BCUT2D eigenvalue weighted by Gasteiger charge is -2.09. The van der Waals surface area contributed by atoms with Crippen LogP contribution in [0.5, 0.6) is 11.5 Å². The molecular weight excluding hydrogens is 284 g/mol. The van der Waals surface area contributed by atoms with Crippen LogP contribution in [0, 0.1) is 0 Å². The standard InChI is InChI=1S/C14H9ClO5/c15-9-3-6-11(14(18)19)12(7-9)20-10-4-1-8(2-5-10)13(16)17/h1-7H,(H,16,17)(H,18,19). The molecule has 0 aromatic heterocycles. The molecule has 5 nitrogen and oxygen atoms in total. The van der Waals surface area contributed by atoms with Gasteiger partial charge >= 0.3 is 11.9 Å². The minimum Gasteiger partial charge on any atom is -0.478 e.